The second kappa shape index (κ2) is 4.84. The molecule has 13 heavy (non-hydrogen) atoms. The van der Waals surface area contributed by atoms with Crippen molar-refractivity contribution in [1.29, 1.82) is 0 Å². The molecule has 0 aromatic heterocycles. The van der Waals surface area contributed by atoms with Crippen LogP contribution in [0.1, 0.15) is 11.7 Å². The highest BCUT2D eigenvalue weighted by Crippen LogP contribution is 2.28. The van der Waals surface area contributed by atoms with E-state index >= 15 is 0 Å². The van der Waals surface area contributed by atoms with Crippen molar-refractivity contribution in [3.05, 3.63) is 28.8 Å². The molecule has 0 aliphatic carbocycles. The third-order valence-electron chi connectivity index (χ3n) is 1.70. The third-order valence-corrected chi connectivity index (χ3v) is 2.55. The van der Waals surface area contributed by atoms with Crippen LogP contribution in [0.15, 0.2) is 18.2 Å². The Labute approximate surface area is 90.6 Å². The zero-order chi connectivity index (χ0) is 9.84. The number of ether oxygens (including phenoxy) is 1. The van der Waals surface area contributed by atoms with E-state index in [1.807, 2.05) is 0 Å². The lowest BCUT2D eigenvalue weighted by molar-refractivity contribution is 0.200. The lowest BCUT2D eigenvalue weighted by Crippen LogP contribution is -2.01. The van der Waals surface area contributed by atoms with Crippen molar-refractivity contribution in [2.45, 2.75) is 6.10 Å². The van der Waals surface area contributed by atoms with Gasteiger partial charge in [-0.3, -0.25) is 0 Å². The molecule has 1 N–H and O–H groups in total. The molecule has 0 saturated carbocycles. The summed E-state index contributed by atoms with van der Waals surface area (Å²) in [6.07, 6.45) is -0.563. The van der Waals surface area contributed by atoms with E-state index in [1.165, 1.54) is 0 Å². The highest BCUT2D eigenvalue weighted by molar-refractivity contribution is 9.09. The molecule has 1 atom stereocenters. The maximum Gasteiger partial charge on any atom is 0.126 e. The van der Waals surface area contributed by atoms with E-state index in [2.05, 4.69) is 15.9 Å². The van der Waals surface area contributed by atoms with E-state index in [1.54, 1.807) is 25.3 Å². The van der Waals surface area contributed by atoms with Crippen LogP contribution < -0.4 is 4.74 Å². The molecule has 1 rings (SSSR count). The smallest absolute Gasteiger partial charge is 0.126 e. The van der Waals surface area contributed by atoms with Crippen LogP contribution in [0.2, 0.25) is 5.02 Å². The molecule has 0 saturated heterocycles. The average molecular weight is 266 g/mol. The van der Waals surface area contributed by atoms with Gasteiger partial charge in [0.25, 0.3) is 0 Å². The minimum atomic E-state index is -0.563. The molecule has 1 unspecified atom stereocenters. The lowest BCUT2D eigenvalue weighted by atomic mass is 10.1. The van der Waals surface area contributed by atoms with Crippen LogP contribution in [0.4, 0.5) is 0 Å². The predicted molar refractivity (Wildman–Crippen MR) is 56.8 cm³/mol. The lowest BCUT2D eigenvalue weighted by Gasteiger charge is -2.12. The SMILES string of the molecule is COc1cc(Cl)ccc1C(O)CBr. The molecule has 0 aliphatic heterocycles. The first-order chi connectivity index (χ1) is 6.19. The van der Waals surface area contributed by atoms with Crippen LogP contribution in [0.25, 0.3) is 0 Å². The number of methoxy groups -OCH3 is 1. The molecule has 72 valence electrons. The van der Waals surface area contributed by atoms with Crippen molar-refractivity contribution in [2.75, 3.05) is 12.4 Å². The number of alkyl halides is 1. The third kappa shape index (κ3) is 2.59. The summed E-state index contributed by atoms with van der Waals surface area (Å²) < 4.78 is 5.08. The van der Waals surface area contributed by atoms with Crippen molar-refractivity contribution in [2.24, 2.45) is 0 Å². The van der Waals surface area contributed by atoms with Crippen molar-refractivity contribution in [3.63, 3.8) is 0 Å². The van der Waals surface area contributed by atoms with Gasteiger partial charge in [0, 0.05) is 15.9 Å². The highest BCUT2D eigenvalue weighted by atomic mass is 79.9. The normalized spacial score (nSPS) is 12.6. The Balaban J connectivity index is 3.05. The van der Waals surface area contributed by atoms with Crippen LogP contribution >= 0.6 is 27.5 Å². The van der Waals surface area contributed by atoms with E-state index in [0.717, 1.165) is 5.56 Å². The van der Waals surface area contributed by atoms with E-state index in [-0.39, 0.29) is 0 Å². The van der Waals surface area contributed by atoms with Crippen molar-refractivity contribution < 1.29 is 9.84 Å². The van der Waals surface area contributed by atoms with Crippen LogP contribution in [0.3, 0.4) is 0 Å². The zero-order valence-electron chi connectivity index (χ0n) is 7.13. The Morgan fingerprint density at radius 2 is 2.31 bits per heavy atom. The fourth-order valence-corrected chi connectivity index (χ4v) is 1.55. The molecule has 2 nitrogen and oxygen atoms in total. The number of aliphatic hydroxyl groups is 1. The molecular formula is C9H10BrClO2. The van der Waals surface area contributed by atoms with Crippen molar-refractivity contribution >= 4 is 27.5 Å². The summed E-state index contributed by atoms with van der Waals surface area (Å²) in [6.45, 7) is 0. The molecule has 1 aromatic rings. The number of benzene rings is 1. The Morgan fingerprint density at radius 1 is 1.62 bits per heavy atom. The van der Waals surface area contributed by atoms with Gasteiger partial charge in [0.1, 0.15) is 5.75 Å². The molecule has 4 heteroatoms. The van der Waals surface area contributed by atoms with Gasteiger partial charge < -0.3 is 9.84 Å². The van der Waals surface area contributed by atoms with Gasteiger partial charge in [0.15, 0.2) is 0 Å². The van der Waals surface area contributed by atoms with Crippen LogP contribution in [-0.2, 0) is 0 Å². The molecule has 1 aromatic carbocycles. The minimum absolute atomic E-state index is 0.477. The summed E-state index contributed by atoms with van der Waals surface area (Å²) >= 11 is 8.96. The van der Waals surface area contributed by atoms with Crippen molar-refractivity contribution in [1.82, 2.24) is 0 Å². The largest absolute Gasteiger partial charge is 0.496 e. The summed E-state index contributed by atoms with van der Waals surface area (Å²) in [5.41, 5.74) is 0.740. The molecule has 0 radical (unpaired) electrons. The monoisotopic (exact) mass is 264 g/mol. The first kappa shape index (κ1) is 10.8. The summed E-state index contributed by atoms with van der Waals surface area (Å²) in [5, 5.41) is 10.6. The van der Waals surface area contributed by atoms with Gasteiger partial charge in [-0.05, 0) is 12.1 Å². The maximum absolute atomic E-state index is 9.56. The topological polar surface area (TPSA) is 29.5 Å². The quantitative estimate of drug-likeness (QED) is 0.852. The van der Waals surface area contributed by atoms with E-state index in [9.17, 15) is 5.11 Å². The molecule has 0 bridgehead atoms. The Bertz CT molecular complexity index is 291. The average Bonchev–Trinajstić information content (AvgIpc) is 2.16. The number of halogens is 2. The van der Waals surface area contributed by atoms with E-state index in [0.29, 0.717) is 16.1 Å². The second-order valence-electron chi connectivity index (χ2n) is 2.56. The fraction of sp³-hybridized carbons (Fsp3) is 0.333. The summed E-state index contributed by atoms with van der Waals surface area (Å²) in [7, 11) is 1.55. The van der Waals surface area contributed by atoms with E-state index in [4.69, 9.17) is 16.3 Å². The molecule has 0 aliphatic rings. The van der Waals surface area contributed by atoms with Gasteiger partial charge >= 0.3 is 0 Å². The number of rotatable bonds is 3. The molecule has 0 spiro atoms. The molecule has 0 amide bonds. The van der Waals surface area contributed by atoms with Gasteiger partial charge in [-0.25, -0.2) is 0 Å². The van der Waals surface area contributed by atoms with Gasteiger partial charge in [-0.2, -0.15) is 0 Å². The van der Waals surface area contributed by atoms with Gasteiger partial charge in [-0.15, -0.1) is 0 Å². The van der Waals surface area contributed by atoms with E-state index < -0.39 is 6.10 Å². The van der Waals surface area contributed by atoms with Crippen LogP contribution in [0.5, 0.6) is 5.75 Å². The van der Waals surface area contributed by atoms with Crippen LogP contribution in [-0.4, -0.2) is 17.5 Å². The number of hydrogen-bond donors (Lipinski definition) is 1. The maximum atomic E-state index is 9.56. The number of hydrogen-bond acceptors (Lipinski definition) is 2. The Kier molecular flexibility index (Phi) is 4.03. The van der Waals surface area contributed by atoms with Gasteiger partial charge in [-0.1, -0.05) is 33.6 Å². The van der Waals surface area contributed by atoms with Gasteiger partial charge in [0.2, 0.25) is 0 Å². The molecule has 0 heterocycles. The summed E-state index contributed by atoms with van der Waals surface area (Å²) in [4.78, 5) is 0. The molecule has 0 fully saturated rings. The van der Waals surface area contributed by atoms with Gasteiger partial charge in [0.05, 0.1) is 13.2 Å². The predicted octanol–water partition coefficient (Wildman–Crippen LogP) is 2.78. The standard InChI is InChI=1S/C9H10BrClO2/c1-13-9-4-6(11)2-3-7(9)8(12)5-10/h2-4,8,12H,5H2,1H3. The molecular weight excluding hydrogens is 255 g/mol. The highest BCUT2D eigenvalue weighted by Gasteiger charge is 2.11. The van der Waals surface area contributed by atoms with Crippen LogP contribution in [0, 0.1) is 0 Å². The Morgan fingerprint density at radius 3 is 2.85 bits per heavy atom. The summed E-state index contributed by atoms with van der Waals surface area (Å²) in [6, 6.07) is 5.17. The first-order valence-corrected chi connectivity index (χ1v) is 5.26. The van der Waals surface area contributed by atoms with Crippen molar-refractivity contribution in [3.8, 4) is 5.75 Å². The zero-order valence-corrected chi connectivity index (χ0v) is 9.47. The summed E-state index contributed by atoms with van der Waals surface area (Å²) in [5.74, 6) is 0.611. The Hall–Kier alpha value is -0.250. The fourth-order valence-electron chi connectivity index (χ4n) is 1.04. The minimum Gasteiger partial charge on any atom is -0.496 e. The number of aliphatic hydroxyl groups excluding tert-OH is 1. The first-order valence-electron chi connectivity index (χ1n) is 3.76. The second-order valence-corrected chi connectivity index (χ2v) is 3.64.